The van der Waals surface area contributed by atoms with E-state index in [1.54, 1.807) is 30.3 Å². The van der Waals surface area contributed by atoms with Crippen molar-refractivity contribution in [1.82, 2.24) is 9.97 Å². The monoisotopic (exact) mass is 283 g/mol. The quantitative estimate of drug-likeness (QED) is 0.824. The van der Waals surface area contributed by atoms with E-state index in [4.69, 9.17) is 5.11 Å². The number of carboxylic acid groups (broad SMARTS) is 1. The minimum Gasteiger partial charge on any atom is -0.478 e. The van der Waals surface area contributed by atoms with E-state index >= 15 is 0 Å². The second-order valence-electron chi connectivity index (χ2n) is 4.68. The van der Waals surface area contributed by atoms with E-state index in [1.807, 2.05) is 13.8 Å². The molecule has 5 heteroatoms. The van der Waals surface area contributed by atoms with E-state index in [-0.39, 0.29) is 5.56 Å². The van der Waals surface area contributed by atoms with E-state index in [9.17, 15) is 4.79 Å². The normalized spacial score (nSPS) is 10.2. The second-order valence-corrected chi connectivity index (χ2v) is 4.68. The van der Waals surface area contributed by atoms with Crippen molar-refractivity contribution in [1.29, 1.82) is 0 Å². The second kappa shape index (κ2) is 6.17. The highest BCUT2D eigenvalue weighted by molar-refractivity contribution is 5.88. The Morgan fingerprint density at radius 1 is 1.29 bits per heavy atom. The van der Waals surface area contributed by atoms with Gasteiger partial charge in [0, 0.05) is 16.9 Å². The molecule has 0 radical (unpaired) electrons. The number of carbonyl (C=O) groups is 1. The maximum Gasteiger partial charge on any atom is 0.335 e. The fraction of sp³-hybridized carbons (Fsp3) is 0.188. The van der Waals surface area contributed by atoms with Crippen molar-refractivity contribution in [2.45, 2.75) is 20.3 Å². The van der Waals surface area contributed by atoms with Crippen molar-refractivity contribution in [2.75, 3.05) is 5.32 Å². The number of aromatic carboxylic acids is 1. The number of aromatic nitrogens is 2. The van der Waals surface area contributed by atoms with E-state index in [2.05, 4.69) is 21.9 Å². The summed E-state index contributed by atoms with van der Waals surface area (Å²) in [5.74, 6) is 0.468. The largest absolute Gasteiger partial charge is 0.478 e. The zero-order chi connectivity index (χ0) is 15.4. The van der Waals surface area contributed by atoms with Gasteiger partial charge in [0.1, 0.15) is 11.6 Å². The SMILES string of the molecule is C=CCc1c(C)nc(C)nc1Nc1ccc(C(=O)O)cc1. The standard InChI is InChI=1S/C16H17N3O2/c1-4-5-14-10(2)17-11(3)18-15(14)19-13-8-6-12(7-9-13)16(20)21/h4,6-9H,1,5H2,2-3H3,(H,20,21)(H,17,18,19). The summed E-state index contributed by atoms with van der Waals surface area (Å²) in [6, 6.07) is 6.54. The highest BCUT2D eigenvalue weighted by atomic mass is 16.4. The molecular weight excluding hydrogens is 266 g/mol. The lowest BCUT2D eigenvalue weighted by Crippen LogP contribution is -2.05. The average molecular weight is 283 g/mol. The molecule has 0 unspecified atom stereocenters. The number of nitrogens with one attached hydrogen (secondary N) is 1. The predicted molar refractivity (Wildman–Crippen MR) is 82.1 cm³/mol. The summed E-state index contributed by atoms with van der Waals surface area (Å²) in [5.41, 5.74) is 2.93. The number of rotatable bonds is 5. The Bertz CT molecular complexity index is 679. The van der Waals surface area contributed by atoms with Gasteiger partial charge in [0.15, 0.2) is 0 Å². The van der Waals surface area contributed by atoms with Crippen molar-refractivity contribution in [3.8, 4) is 0 Å². The Morgan fingerprint density at radius 2 is 1.95 bits per heavy atom. The first kappa shape index (κ1) is 14.7. The molecule has 0 atom stereocenters. The molecule has 0 fully saturated rings. The van der Waals surface area contributed by atoms with Crippen LogP contribution in [0, 0.1) is 13.8 Å². The van der Waals surface area contributed by atoms with Gasteiger partial charge in [-0.2, -0.15) is 0 Å². The summed E-state index contributed by atoms with van der Waals surface area (Å²) < 4.78 is 0. The third-order valence-electron chi connectivity index (χ3n) is 3.07. The van der Waals surface area contributed by atoms with Crippen LogP contribution in [0.1, 0.15) is 27.4 Å². The van der Waals surface area contributed by atoms with E-state index in [1.165, 1.54) is 0 Å². The molecule has 2 N–H and O–H groups in total. The van der Waals surface area contributed by atoms with Gasteiger partial charge in [-0.1, -0.05) is 6.08 Å². The Balaban J connectivity index is 2.33. The fourth-order valence-corrected chi connectivity index (χ4v) is 2.06. The molecular formula is C16H17N3O2. The summed E-state index contributed by atoms with van der Waals surface area (Å²) in [4.78, 5) is 19.6. The topological polar surface area (TPSA) is 75.1 Å². The summed E-state index contributed by atoms with van der Waals surface area (Å²) in [7, 11) is 0. The minimum absolute atomic E-state index is 0.252. The lowest BCUT2D eigenvalue weighted by molar-refractivity contribution is 0.0697. The first-order chi connectivity index (χ1) is 10.0. The predicted octanol–water partition coefficient (Wildman–Crippen LogP) is 3.26. The van der Waals surface area contributed by atoms with Crippen LogP contribution in [0.15, 0.2) is 36.9 Å². The maximum absolute atomic E-state index is 10.8. The van der Waals surface area contributed by atoms with Crippen molar-refractivity contribution in [3.63, 3.8) is 0 Å². The van der Waals surface area contributed by atoms with Crippen LogP contribution in [-0.4, -0.2) is 21.0 Å². The maximum atomic E-state index is 10.8. The number of aryl methyl sites for hydroxylation is 2. The van der Waals surface area contributed by atoms with Crippen LogP contribution < -0.4 is 5.32 Å². The number of allylic oxidation sites excluding steroid dienone is 1. The van der Waals surface area contributed by atoms with Crippen LogP contribution in [0.4, 0.5) is 11.5 Å². The van der Waals surface area contributed by atoms with Gasteiger partial charge in [-0.05, 0) is 44.5 Å². The van der Waals surface area contributed by atoms with Gasteiger partial charge >= 0.3 is 5.97 Å². The van der Waals surface area contributed by atoms with Crippen molar-refractivity contribution in [2.24, 2.45) is 0 Å². The molecule has 0 aliphatic carbocycles. The van der Waals surface area contributed by atoms with Crippen LogP contribution in [0.3, 0.4) is 0 Å². The van der Waals surface area contributed by atoms with Crippen LogP contribution in [0.5, 0.6) is 0 Å². The molecule has 1 heterocycles. The molecule has 0 amide bonds. The first-order valence-corrected chi connectivity index (χ1v) is 6.56. The minimum atomic E-state index is -0.942. The number of carboxylic acids is 1. The number of hydrogen-bond donors (Lipinski definition) is 2. The molecule has 21 heavy (non-hydrogen) atoms. The Labute approximate surface area is 123 Å². The highest BCUT2D eigenvalue weighted by Gasteiger charge is 2.10. The fourth-order valence-electron chi connectivity index (χ4n) is 2.06. The summed E-state index contributed by atoms with van der Waals surface area (Å²) >= 11 is 0. The highest BCUT2D eigenvalue weighted by Crippen LogP contribution is 2.22. The molecule has 1 aromatic carbocycles. The molecule has 1 aromatic heterocycles. The van der Waals surface area contributed by atoms with Gasteiger partial charge in [0.2, 0.25) is 0 Å². The zero-order valence-corrected chi connectivity index (χ0v) is 12.1. The molecule has 5 nitrogen and oxygen atoms in total. The molecule has 2 aromatic rings. The molecule has 0 aliphatic heterocycles. The summed E-state index contributed by atoms with van der Waals surface area (Å²) in [6.45, 7) is 7.52. The molecule has 0 aliphatic rings. The Kier molecular flexibility index (Phi) is 4.33. The molecule has 0 saturated carbocycles. The van der Waals surface area contributed by atoms with Crippen LogP contribution in [-0.2, 0) is 6.42 Å². The zero-order valence-electron chi connectivity index (χ0n) is 12.1. The van der Waals surface area contributed by atoms with Gasteiger partial charge < -0.3 is 10.4 Å². The molecule has 0 spiro atoms. The summed E-state index contributed by atoms with van der Waals surface area (Å²) in [5, 5.41) is 12.1. The van der Waals surface area contributed by atoms with E-state index < -0.39 is 5.97 Å². The Hall–Kier alpha value is -2.69. The summed E-state index contributed by atoms with van der Waals surface area (Å²) in [6.07, 6.45) is 2.47. The average Bonchev–Trinajstić information content (AvgIpc) is 2.43. The first-order valence-electron chi connectivity index (χ1n) is 6.56. The van der Waals surface area contributed by atoms with Crippen molar-refractivity contribution in [3.05, 3.63) is 59.6 Å². The molecule has 108 valence electrons. The van der Waals surface area contributed by atoms with Gasteiger partial charge in [0.05, 0.1) is 5.56 Å². The third kappa shape index (κ3) is 3.45. The molecule has 0 bridgehead atoms. The number of benzene rings is 1. The lowest BCUT2D eigenvalue weighted by Gasteiger charge is -2.13. The number of nitrogens with zero attached hydrogens (tertiary/aromatic N) is 2. The lowest BCUT2D eigenvalue weighted by atomic mass is 10.1. The molecule has 2 rings (SSSR count). The van der Waals surface area contributed by atoms with Crippen LogP contribution in [0.2, 0.25) is 0 Å². The smallest absolute Gasteiger partial charge is 0.335 e. The number of hydrogen-bond acceptors (Lipinski definition) is 4. The van der Waals surface area contributed by atoms with E-state index in [0.29, 0.717) is 12.2 Å². The van der Waals surface area contributed by atoms with Gasteiger partial charge in [-0.3, -0.25) is 0 Å². The van der Waals surface area contributed by atoms with Gasteiger partial charge in [-0.25, -0.2) is 14.8 Å². The molecule has 0 saturated heterocycles. The van der Waals surface area contributed by atoms with Crippen LogP contribution >= 0.6 is 0 Å². The van der Waals surface area contributed by atoms with Gasteiger partial charge in [-0.15, -0.1) is 6.58 Å². The third-order valence-corrected chi connectivity index (χ3v) is 3.07. The Morgan fingerprint density at radius 3 is 2.52 bits per heavy atom. The number of anilines is 2. The van der Waals surface area contributed by atoms with Gasteiger partial charge in [0.25, 0.3) is 0 Å². The van der Waals surface area contributed by atoms with Crippen molar-refractivity contribution >= 4 is 17.5 Å². The van der Waals surface area contributed by atoms with E-state index in [0.717, 1.165) is 22.8 Å². The van der Waals surface area contributed by atoms with Crippen LogP contribution in [0.25, 0.3) is 0 Å². The van der Waals surface area contributed by atoms with Crippen molar-refractivity contribution < 1.29 is 9.90 Å².